The zero-order valence-electron chi connectivity index (χ0n) is 6.71. The molecule has 56 valence electrons. The molecule has 1 aliphatic heterocycles. The van der Waals surface area contributed by atoms with Crippen molar-refractivity contribution < 1.29 is 4.58 Å². The van der Waals surface area contributed by atoms with Crippen molar-refractivity contribution in [1.82, 2.24) is 0 Å². The lowest BCUT2D eigenvalue weighted by atomic mass is 10.2. The molecule has 1 rings (SSSR count). The maximum absolute atomic E-state index is 2.30. The van der Waals surface area contributed by atoms with E-state index in [1.807, 2.05) is 0 Å². The van der Waals surface area contributed by atoms with Crippen LogP contribution in [0.1, 0.15) is 32.6 Å². The second kappa shape index (κ2) is 4.26. The molecule has 0 aromatic carbocycles. The molecule has 0 N–H and O–H groups in total. The Morgan fingerprint density at radius 3 is 2.90 bits per heavy atom. The van der Waals surface area contributed by atoms with Crippen molar-refractivity contribution in [3.63, 3.8) is 0 Å². The van der Waals surface area contributed by atoms with Crippen LogP contribution in [0.25, 0.3) is 0 Å². The van der Waals surface area contributed by atoms with Crippen LogP contribution in [0.3, 0.4) is 0 Å². The summed E-state index contributed by atoms with van der Waals surface area (Å²) in [6.45, 7) is 3.43. The van der Waals surface area contributed by atoms with Gasteiger partial charge in [0.05, 0.1) is 0 Å². The van der Waals surface area contributed by atoms with E-state index in [0.717, 1.165) is 0 Å². The molecule has 0 aromatic rings. The summed E-state index contributed by atoms with van der Waals surface area (Å²) in [4.78, 5) is 0. The smallest absolute Gasteiger partial charge is 0.164 e. The third kappa shape index (κ3) is 2.34. The second-order valence-corrected chi connectivity index (χ2v) is 2.74. The summed E-state index contributed by atoms with van der Waals surface area (Å²) in [5.41, 5.74) is 0. The van der Waals surface area contributed by atoms with Crippen molar-refractivity contribution in [2.75, 3.05) is 6.54 Å². The fourth-order valence-electron chi connectivity index (χ4n) is 1.11. The van der Waals surface area contributed by atoms with Gasteiger partial charge >= 0.3 is 0 Å². The summed E-state index contributed by atoms with van der Waals surface area (Å²) in [6, 6.07) is 0. The van der Waals surface area contributed by atoms with E-state index in [9.17, 15) is 0 Å². The third-order valence-corrected chi connectivity index (χ3v) is 1.76. The fourth-order valence-corrected chi connectivity index (χ4v) is 1.11. The van der Waals surface area contributed by atoms with Crippen LogP contribution in [0.15, 0.2) is 12.3 Å². The van der Waals surface area contributed by atoms with Gasteiger partial charge in [-0.2, -0.15) is 0 Å². The van der Waals surface area contributed by atoms with Crippen LogP contribution in [-0.4, -0.2) is 17.3 Å². The topological polar surface area (TPSA) is 3.01 Å². The molecule has 0 fully saturated rings. The predicted octanol–water partition coefficient (Wildman–Crippen LogP) is 2.18. The van der Waals surface area contributed by atoms with Crippen molar-refractivity contribution in [2.24, 2.45) is 0 Å². The average Bonchev–Trinajstić information content (AvgIpc) is 2.03. The molecule has 1 nitrogen and oxygen atoms in total. The average molecular weight is 138 g/mol. The first-order chi connectivity index (χ1) is 4.93. The minimum Gasteiger partial charge on any atom is -0.209 e. The van der Waals surface area contributed by atoms with E-state index in [4.69, 9.17) is 0 Å². The molecular weight excluding hydrogens is 122 g/mol. The summed E-state index contributed by atoms with van der Waals surface area (Å²) in [7, 11) is 0. The summed E-state index contributed by atoms with van der Waals surface area (Å²) >= 11 is 0. The molecule has 0 aromatic heterocycles. The normalized spacial score (nSPS) is 17.1. The van der Waals surface area contributed by atoms with Gasteiger partial charge in [0, 0.05) is 12.8 Å². The van der Waals surface area contributed by atoms with Gasteiger partial charge in [-0.1, -0.05) is 13.3 Å². The fraction of sp³-hybridized carbons (Fsp3) is 0.667. The van der Waals surface area contributed by atoms with Crippen molar-refractivity contribution in [2.45, 2.75) is 32.6 Å². The molecule has 0 aliphatic carbocycles. The minimum atomic E-state index is 1.20. The first-order valence-corrected chi connectivity index (χ1v) is 4.19. The standard InChI is InChI=1S/C9H16N/c1-2-3-7-10-8-5-4-6-9-10/h5,8-9H,2-4,6-7H2,1H3/q+1. The molecule has 0 saturated carbocycles. The van der Waals surface area contributed by atoms with E-state index in [0.29, 0.717) is 0 Å². The first kappa shape index (κ1) is 7.52. The molecule has 0 spiro atoms. The van der Waals surface area contributed by atoms with E-state index in [1.54, 1.807) is 0 Å². The molecule has 1 aliphatic rings. The van der Waals surface area contributed by atoms with Crippen molar-refractivity contribution in [3.8, 4) is 0 Å². The molecule has 0 atom stereocenters. The van der Waals surface area contributed by atoms with Crippen molar-refractivity contribution in [3.05, 3.63) is 12.3 Å². The SMILES string of the molecule is CCCC[N+]1=CCCC=C1. The van der Waals surface area contributed by atoms with E-state index >= 15 is 0 Å². The summed E-state index contributed by atoms with van der Waals surface area (Å²) in [5, 5.41) is 0. The number of hydrogen-bond acceptors (Lipinski definition) is 0. The molecule has 0 radical (unpaired) electrons. The number of unbranched alkanes of at least 4 members (excludes halogenated alkanes) is 1. The Bertz CT molecular complexity index is 145. The molecule has 10 heavy (non-hydrogen) atoms. The number of hydrogen-bond donors (Lipinski definition) is 0. The van der Waals surface area contributed by atoms with Gasteiger partial charge < -0.3 is 0 Å². The third-order valence-electron chi connectivity index (χ3n) is 1.76. The molecular formula is C9H16N+. The van der Waals surface area contributed by atoms with Crippen LogP contribution < -0.4 is 0 Å². The zero-order chi connectivity index (χ0) is 7.23. The highest BCUT2D eigenvalue weighted by Gasteiger charge is 2.01. The van der Waals surface area contributed by atoms with Crippen LogP contribution >= 0.6 is 0 Å². The highest BCUT2D eigenvalue weighted by atomic mass is 15.0. The van der Waals surface area contributed by atoms with Gasteiger partial charge in [-0.25, -0.2) is 4.58 Å². The van der Waals surface area contributed by atoms with Crippen LogP contribution in [0.2, 0.25) is 0 Å². The zero-order valence-corrected chi connectivity index (χ0v) is 6.71. The van der Waals surface area contributed by atoms with Gasteiger partial charge in [0.1, 0.15) is 12.8 Å². The van der Waals surface area contributed by atoms with Gasteiger partial charge in [-0.3, -0.25) is 0 Å². The Balaban J connectivity index is 2.26. The lowest BCUT2D eigenvalue weighted by Crippen LogP contribution is -2.09. The van der Waals surface area contributed by atoms with Crippen LogP contribution in [0, 0.1) is 0 Å². The summed E-state index contributed by atoms with van der Waals surface area (Å²) < 4.78 is 2.30. The molecule has 0 amide bonds. The quantitative estimate of drug-likeness (QED) is 0.526. The van der Waals surface area contributed by atoms with E-state index in [1.165, 1.54) is 32.2 Å². The van der Waals surface area contributed by atoms with Gasteiger partial charge in [0.2, 0.25) is 0 Å². The Hall–Kier alpha value is -0.590. The first-order valence-electron chi connectivity index (χ1n) is 4.19. The van der Waals surface area contributed by atoms with E-state index in [-0.39, 0.29) is 0 Å². The molecule has 1 heterocycles. The molecule has 0 unspecified atom stereocenters. The molecule has 0 bridgehead atoms. The molecule has 0 saturated heterocycles. The van der Waals surface area contributed by atoms with Crippen LogP contribution in [0.5, 0.6) is 0 Å². The number of allylic oxidation sites excluding steroid dienone is 1. The van der Waals surface area contributed by atoms with E-state index < -0.39 is 0 Å². The highest BCUT2D eigenvalue weighted by Crippen LogP contribution is 1.97. The van der Waals surface area contributed by atoms with Crippen LogP contribution in [-0.2, 0) is 0 Å². The monoisotopic (exact) mass is 138 g/mol. The predicted molar refractivity (Wildman–Crippen MR) is 44.5 cm³/mol. The highest BCUT2D eigenvalue weighted by molar-refractivity contribution is 5.52. The van der Waals surface area contributed by atoms with E-state index in [2.05, 4.69) is 30.0 Å². The Morgan fingerprint density at radius 2 is 2.30 bits per heavy atom. The maximum Gasteiger partial charge on any atom is 0.164 e. The largest absolute Gasteiger partial charge is 0.209 e. The Kier molecular flexibility index (Phi) is 3.20. The Morgan fingerprint density at radius 1 is 1.40 bits per heavy atom. The number of rotatable bonds is 3. The lowest BCUT2D eigenvalue weighted by Gasteiger charge is -1.99. The van der Waals surface area contributed by atoms with Crippen molar-refractivity contribution in [1.29, 1.82) is 0 Å². The summed E-state index contributed by atoms with van der Waals surface area (Å²) in [5.74, 6) is 0. The summed E-state index contributed by atoms with van der Waals surface area (Å²) in [6.07, 6.45) is 11.8. The Labute approximate surface area is 63.1 Å². The van der Waals surface area contributed by atoms with Crippen molar-refractivity contribution >= 4 is 6.21 Å². The van der Waals surface area contributed by atoms with Gasteiger partial charge in [0.25, 0.3) is 0 Å². The second-order valence-electron chi connectivity index (χ2n) is 2.74. The van der Waals surface area contributed by atoms with Gasteiger partial charge in [-0.05, 0) is 12.5 Å². The maximum atomic E-state index is 2.30. The van der Waals surface area contributed by atoms with Gasteiger partial charge in [0.15, 0.2) is 6.20 Å². The van der Waals surface area contributed by atoms with Crippen LogP contribution in [0.4, 0.5) is 0 Å². The lowest BCUT2D eigenvalue weighted by molar-refractivity contribution is -0.455. The van der Waals surface area contributed by atoms with Gasteiger partial charge in [-0.15, -0.1) is 0 Å². The molecule has 1 heteroatoms. The number of nitrogens with zero attached hydrogens (tertiary/aromatic N) is 1. The minimum absolute atomic E-state index is 1.20.